The van der Waals surface area contributed by atoms with Crippen LogP contribution in [-0.2, 0) is 11.4 Å². The Morgan fingerprint density at radius 2 is 1.58 bits per heavy atom. The zero-order valence-corrected chi connectivity index (χ0v) is 21.3. The van der Waals surface area contributed by atoms with Crippen molar-refractivity contribution in [3.8, 4) is 17.2 Å². The van der Waals surface area contributed by atoms with Crippen LogP contribution in [0.15, 0.2) is 108 Å². The van der Waals surface area contributed by atoms with Gasteiger partial charge in [0.05, 0.1) is 11.8 Å². The van der Waals surface area contributed by atoms with Gasteiger partial charge in [-0.3, -0.25) is 4.79 Å². The van der Waals surface area contributed by atoms with Crippen LogP contribution in [0.25, 0.3) is 0 Å². The van der Waals surface area contributed by atoms with Crippen LogP contribution in [0.2, 0.25) is 5.02 Å². The lowest BCUT2D eigenvalue weighted by atomic mass is 10.2. The molecule has 4 aromatic carbocycles. The first-order valence-corrected chi connectivity index (χ1v) is 12.2. The summed E-state index contributed by atoms with van der Waals surface area (Å²) >= 11 is 5.85. The van der Waals surface area contributed by atoms with Crippen LogP contribution >= 0.6 is 11.6 Å². The number of esters is 1. The number of carbonyl (C=O) groups excluding carboxylic acids is 2. The third-order valence-electron chi connectivity index (χ3n) is 5.29. The minimum absolute atomic E-state index is 0.341. The number of hydrogen-bond donors (Lipinski definition) is 1. The molecule has 4 aromatic rings. The molecule has 1 amide bonds. The van der Waals surface area contributed by atoms with Crippen molar-refractivity contribution in [2.24, 2.45) is 5.10 Å². The average molecular weight is 529 g/mol. The lowest BCUT2D eigenvalue weighted by molar-refractivity contribution is -0.127. The SMILES string of the molecule is C[C@H](Oc1ccc(OCc2ccccc2)cc1)C(=O)N/N=C\c1cccc(OC(=O)c2ccc(Cl)cc2)c1. The Bertz CT molecular complexity index is 1390. The zero-order chi connectivity index (χ0) is 26.7. The molecule has 0 aliphatic carbocycles. The van der Waals surface area contributed by atoms with Crippen molar-refractivity contribution in [1.29, 1.82) is 0 Å². The van der Waals surface area contributed by atoms with Crippen LogP contribution < -0.4 is 19.6 Å². The van der Waals surface area contributed by atoms with Crippen LogP contribution in [-0.4, -0.2) is 24.2 Å². The third-order valence-corrected chi connectivity index (χ3v) is 5.54. The maximum Gasteiger partial charge on any atom is 0.343 e. The van der Waals surface area contributed by atoms with E-state index in [1.54, 1.807) is 79.7 Å². The Kier molecular flexibility index (Phi) is 9.10. The maximum absolute atomic E-state index is 12.4. The number of benzene rings is 4. The van der Waals surface area contributed by atoms with Gasteiger partial charge in [0.1, 0.15) is 23.9 Å². The van der Waals surface area contributed by atoms with E-state index in [1.165, 1.54) is 6.21 Å². The second-order valence-electron chi connectivity index (χ2n) is 8.21. The summed E-state index contributed by atoms with van der Waals surface area (Å²) in [6.07, 6.45) is 0.665. The molecule has 0 bridgehead atoms. The predicted octanol–water partition coefficient (Wildman–Crippen LogP) is 6.06. The monoisotopic (exact) mass is 528 g/mol. The molecule has 0 aromatic heterocycles. The first kappa shape index (κ1) is 26.4. The van der Waals surface area contributed by atoms with Crippen LogP contribution in [0.1, 0.15) is 28.4 Å². The number of rotatable bonds is 10. The molecule has 0 spiro atoms. The molecule has 0 fully saturated rings. The Morgan fingerprint density at radius 1 is 0.868 bits per heavy atom. The van der Waals surface area contributed by atoms with Gasteiger partial charge in [-0.1, -0.05) is 54.1 Å². The summed E-state index contributed by atoms with van der Waals surface area (Å²) in [7, 11) is 0. The molecular weight excluding hydrogens is 504 g/mol. The molecule has 0 radical (unpaired) electrons. The van der Waals surface area contributed by atoms with Crippen molar-refractivity contribution in [2.45, 2.75) is 19.6 Å². The molecule has 0 unspecified atom stereocenters. The van der Waals surface area contributed by atoms with Gasteiger partial charge in [-0.15, -0.1) is 0 Å². The molecule has 0 saturated carbocycles. The summed E-state index contributed by atoms with van der Waals surface area (Å²) in [5.74, 6) is 0.637. The largest absolute Gasteiger partial charge is 0.489 e. The smallest absolute Gasteiger partial charge is 0.343 e. The van der Waals surface area contributed by atoms with Gasteiger partial charge in [0.25, 0.3) is 5.91 Å². The summed E-state index contributed by atoms with van der Waals surface area (Å²) < 4.78 is 16.9. The van der Waals surface area contributed by atoms with E-state index in [4.69, 9.17) is 25.8 Å². The van der Waals surface area contributed by atoms with E-state index in [0.29, 0.717) is 40.0 Å². The number of carbonyl (C=O) groups is 2. The fourth-order valence-electron chi connectivity index (χ4n) is 3.28. The van der Waals surface area contributed by atoms with E-state index in [0.717, 1.165) is 5.56 Å². The number of nitrogens with zero attached hydrogens (tertiary/aromatic N) is 1. The van der Waals surface area contributed by atoms with E-state index in [-0.39, 0.29) is 0 Å². The number of hydrogen-bond acceptors (Lipinski definition) is 6. The summed E-state index contributed by atoms with van der Waals surface area (Å²) in [5.41, 5.74) is 4.54. The van der Waals surface area contributed by atoms with Crippen molar-refractivity contribution in [3.63, 3.8) is 0 Å². The Labute approximate surface area is 225 Å². The highest BCUT2D eigenvalue weighted by Crippen LogP contribution is 2.20. The highest BCUT2D eigenvalue weighted by molar-refractivity contribution is 6.30. The van der Waals surface area contributed by atoms with E-state index in [1.807, 2.05) is 30.3 Å². The molecule has 0 heterocycles. The Hall–Kier alpha value is -4.62. The molecule has 1 N–H and O–H groups in total. The summed E-state index contributed by atoms with van der Waals surface area (Å²) in [4.78, 5) is 24.7. The van der Waals surface area contributed by atoms with Crippen molar-refractivity contribution in [1.82, 2.24) is 5.43 Å². The first-order chi connectivity index (χ1) is 18.5. The summed E-state index contributed by atoms with van der Waals surface area (Å²) in [5, 5.41) is 4.51. The van der Waals surface area contributed by atoms with Gasteiger partial charge in [-0.25, -0.2) is 10.2 Å². The Balaban J connectivity index is 1.24. The highest BCUT2D eigenvalue weighted by Gasteiger charge is 2.14. The molecule has 1 atom stereocenters. The van der Waals surface area contributed by atoms with Gasteiger partial charge in [-0.05, 0) is 78.7 Å². The summed E-state index contributed by atoms with van der Waals surface area (Å²) in [6, 6.07) is 30.1. The second-order valence-corrected chi connectivity index (χ2v) is 8.65. The average Bonchev–Trinajstić information content (AvgIpc) is 2.93. The van der Waals surface area contributed by atoms with E-state index in [9.17, 15) is 9.59 Å². The topological polar surface area (TPSA) is 86.2 Å². The quantitative estimate of drug-likeness (QED) is 0.117. The molecule has 4 rings (SSSR count). The standard InChI is InChI=1S/C30H25ClN2O5/c1-21(37-27-16-14-26(15-17-27)36-20-22-6-3-2-4-7-22)29(34)33-32-19-23-8-5-9-28(18-23)38-30(35)24-10-12-25(31)13-11-24/h2-19,21H,20H2,1H3,(H,33,34)/b32-19-/t21-/m0/s1. The summed E-state index contributed by atoms with van der Waals surface area (Å²) in [6.45, 7) is 2.09. The van der Waals surface area contributed by atoms with Gasteiger partial charge in [0.15, 0.2) is 6.10 Å². The highest BCUT2D eigenvalue weighted by atomic mass is 35.5. The van der Waals surface area contributed by atoms with Gasteiger partial charge < -0.3 is 14.2 Å². The number of halogens is 1. The molecular formula is C30H25ClN2O5. The minimum atomic E-state index is -0.782. The van der Waals surface area contributed by atoms with Crippen LogP contribution in [0.4, 0.5) is 0 Å². The van der Waals surface area contributed by atoms with Crippen LogP contribution in [0.3, 0.4) is 0 Å². The molecule has 0 aliphatic heterocycles. The predicted molar refractivity (Wildman–Crippen MR) is 146 cm³/mol. The lowest BCUT2D eigenvalue weighted by Crippen LogP contribution is -2.33. The number of ether oxygens (including phenoxy) is 3. The second kappa shape index (κ2) is 13.1. The molecule has 0 saturated heterocycles. The molecule has 38 heavy (non-hydrogen) atoms. The molecule has 192 valence electrons. The van der Waals surface area contributed by atoms with E-state index < -0.39 is 18.0 Å². The third kappa shape index (κ3) is 7.94. The van der Waals surface area contributed by atoms with Gasteiger partial charge in [-0.2, -0.15) is 5.10 Å². The van der Waals surface area contributed by atoms with Gasteiger partial charge >= 0.3 is 5.97 Å². The molecule has 8 heteroatoms. The first-order valence-electron chi connectivity index (χ1n) is 11.8. The molecule has 7 nitrogen and oxygen atoms in total. The zero-order valence-electron chi connectivity index (χ0n) is 20.5. The van der Waals surface area contributed by atoms with Crippen LogP contribution in [0, 0.1) is 0 Å². The lowest BCUT2D eigenvalue weighted by Gasteiger charge is -2.13. The van der Waals surface area contributed by atoms with E-state index >= 15 is 0 Å². The van der Waals surface area contributed by atoms with Gasteiger partial charge in [0.2, 0.25) is 0 Å². The normalized spacial score (nSPS) is 11.5. The molecule has 0 aliphatic rings. The maximum atomic E-state index is 12.4. The van der Waals surface area contributed by atoms with Gasteiger partial charge in [0, 0.05) is 5.02 Å². The number of nitrogens with one attached hydrogen (secondary N) is 1. The van der Waals surface area contributed by atoms with E-state index in [2.05, 4.69) is 10.5 Å². The fourth-order valence-corrected chi connectivity index (χ4v) is 3.41. The van der Waals surface area contributed by atoms with Crippen molar-refractivity contribution in [2.75, 3.05) is 0 Å². The van der Waals surface area contributed by atoms with Crippen molar-refractivity contribution >= 4 is 29.7 Å². The van der Waals surface area contributed by atoms with Crippen molar-refractivity contribution < 1.29 is 23.8 Å². The number of amides is 1. The number of hydrazone groups is 1. The minimum Gasteiger partial charge on any atom is -0.489 e. The van der Waals surface area contributed by atoms with Crippen LogP contribution in [0.5, 0.6) is 17.2 Å². The van der Waals surface area contributed by atoms with Crippen molar-refractivity contribution in [3.05, 3.63) is 125 Å². The fraction of sp³-hybridized carbons (Fsp3) is 0.100. The Morgan fingerprint density at radius 3 is 2.32 bits per heavy atom.